The molecule has 1 heterocycles. The van der Waals surface area contributed by atoms with Crippen LogP contribution in [0.15, 0.2) is 29.4 Å². The van der Waals surface area contributed by atoms with Crippen LogP contribution in [0.3, 0.4) is 0 Å². The van der Waals surface area contributed by atoms with Crippen LogP contribution in [0.25, 0.3) is 0 Å². The van der Waals surface area contributed by atoms with E-state index in [1.807, 2.05) is 5.32 Å². The van der Waals surface area contributed by atoms with Gasteiger partial charge in [-0.25, -0.2) is 22.5 Å². The smallest absolute Gasteiger partial charge is 0.258 e. The fourth-order valence-electron chi connectivity index (χ4n) is 1.59. The SMILES string of the molecule is CSc1ncccc1C(=O)Nc1c(F)c(F)cc(F)c1F. The van der Waals surface area contributed by atoms with E-state index in [-0.39, 0.29) is 11.6 Å². The molecule has 0 aliphatic heterocycles. The van der Waals surface area contributed by atoms with Crippen LogP contribution < -0.4 is 5.32 Å². The largest absolute Gasteiger partial charge is 0.317 e. The van der Waals surface area contributed by atoms with E-state index >= 15 is 0 Å². The summed E-state index contributed by atoms with van der Waals surface area (Å²) in [5.74, 6) is -7.45. The maximum absolute atomic E-state index is 13.5. The number of aromatic nitrogens is 1. The lowest BCUT2D eigenvalue weighted by Crippen LogP contribution is -2.17. The molecular weight excluding hydrogens is 308 g/mol. The van der Waals surface area contributed by atoms with Crippen LogP contribution in [0.4, 0.5) is 23.2 Å². The van der Waals surface area contributed by atoms with Gasteiger partial charge in [0, 0.05) is 12.3 Å². The molecule has 3 nitrogen and oxygen atoms in total. The summed E-state index contributed by atoms with van der Waals surface area (Å²) >= 11 is 1.14. The second kappa shape index (κ2) is 6.13. The summed E-state index contributed by atoms with van der Waals surface area (Å²) in [5, 5.41) is 2.14. The quantitative estimate of drug-likeness (QED) is 0.534. The molecule has 0 atom stereocenters. The lowest BCUT2D eigenvalue weighted by atomic mass is 10.2. The van der Waals surface area contributed by atoms with Crippen molar-refractivity contribution in [3.05, 3.63) is 53.2 Å². The van der Waals surface area contributed by atoms with Crippen molar-refractivity contribution in [1.29, 1.82) is 0 Å². The third-order valence-corrected chi connectivity index (χ3v) is 3.27. The van der Waals surface area contributed by atoms with E-state index in [1.165, 1.54) is 18.3 Å². The van der Waals surface area contributed by atoms with E-state index in [2.05, 4.69) is 4.98 Å². The zero-order chi connectivity index (χ0) is 15.6. The average Bonchev–Trinajstić information content (AvgIpc) is 2.49. The van der Waals surface area contributed by atoms with E-state index in [9.17, 15) is 22.4 Å². The molecule has 1 aromatic carbocycles. The van der Waals surface area contributed by atoms with Gasteiger partial charge in [-0.3, -0.25) is 4.79 Å². The summed E-state index contributed by atoms with van der Waals surface area (Å²) < 4.78 is 53.1. The number of rotatable bonds is 3. The minimum absolute atomic E-state index is 0.0356. The number of hydrogen-bond acceptors (Lipinski definition) is 3. The van der Waals surface area contributed by atoms with E-state index < -0.39 is 34.9 Å². The molecule has 0 bridgehead atoms. The monoisotopic (exact) mass is 316 g/mol. The predicted molar refractivity (Wildman–Crippen MR) is 70.2 cm³/mol. The molecule has 2 rings (SSSR count). The van der Waals surface area contributed by atoms with Crippen LogP contribution in [-0.2, 0) is 0 Å². The highest BCUT2D eigenvalue weighted by molar-refractivity contribution is 7.98. The number of benzene rings is 1. The molecule has 0 saturated heterocycles. The zero-order valence-corrected chi connectivity index (χ0v) is 11.4. The molecule has 0 saturated carbocycles. The number of amides is 1. The van der Waals surface area contributed by atoms with Crippen LogP contribution in [0.1, 0.15) is 10.4 Å². The lowest BCUT2D eigenvalue weighted by molar-refractivity contribution is 0.102. The number of carbonyl (C=O) groups excluding carboxylic acids is 1. The van der Waals surface area contributed by atoms with Crippen LogP contribution in [0, 0.1) is 23.3 Å². The number of nitrogens with one attached hydrogen (secondary N) is 1. The maximum atomic E-state index is 13.5. The highest BCUT2D eigenvalue weighted by atomic mass is 32.2. The van der Waals surface area contributed by atoms with Crippen LogP contribution in [0.2, 0.25) is 0 Å². The normalized spacial score (nSPS) is 10.5. The third-order valence-electron chi connectivity index (χ3n) is 2.56. The summed E-state index contributed by atoms with van der Waals surface area (Å²) in [6.07, 6.45) is 3.09. The van der Waals surface area contributed by atoms with Crippen molar-refractivity contribution in [2.75, 3.05) is 11.6 Å². The van der Waals surface area contributed by atoms with Crippen LogP contribution >= 0.6 is 11.8 Å². The van der Waals surface area contributed by atoms with E-state index in [4.69, 9.17) is 0 Å². The maximum Gasteiger partial charge on any atom is 0.258 e. The first-order valence-corrected chi connectivity index (χ1v) is 6.81. The number of nitrogens with zero attached hydrogens (tertiary/aromatic N) is 1. The molecule has 0 fully saturated rings. The molecule has 1 N–H and O–H groups in total. The minimum atomic E-state index is -1.67. The van der Waals surface area contributed by atoms with Crippen LogP contribution in [-0.4, -0.2) is 17.1 Å². The second-order valence-corrected chi connectivity index (χ2v) is 4.65. The molecule has 1 amide bonds. The molecule has 0 unspecified atom stereocenters. The number of carbonyl (C=O) groups is 1. The number of pyridine rings is 1. The number of hydrogen-bond donors (Lipinski definition) is 1. The van der Waals surface area contributed by atoms with Crippen molar-refractivity contribution in [2.24, 2.45) is 0 Å². The van der Waals surface area contributed by atoms with Gasteiger partial charge in [0.1, 0.15) is 10.7 Å². The molecule has 1 aromatic heterocycles. The van der Waals surface area contributed by atoms with Crippen molar-refractivity contribution in [3.8, 4) is 0 Å². The van der Waals surface area contributed by atoms with E-state index in [1.54, 1.807) is 6.26 Å². The van der Waals surface area contributed by atoms with Gasteiger partial charge in [0.25, 0.3) is 5.91 Å². The average molecular weight is 316 g/mol. The van der Waals surface area contributed by atoms with Crippen molar-refractivity contribution in [3.63, 3.8) is 0 Å². The Balaban J connectivity index is 2.41. The van der Waals surface area contributed by atoms with Gasteiger partial charge in [-0.15, -0.1) is 11.8 Å². The Bertz CT molecular complexity index is 683. The Hall–Kier alpha value is -2.09. The molecule has 0 radical (unpaired) electrons. The molecule has 0 spiro atoms. The number of anilines is 1. The fraction of sp³-hybridized carbons (Fsp3) is 0.0769. The zero-order valence-electron chi connectivity index (χ0n) is 10.6. The number of halogens is 4. The van der Waals surface area contributed by atoms with E-state index in [0.717, 1.165) is 11.8 Å². The van der Waals surface area contributed by atoms with Gasteiger partial charge in [0.2, 0.25) is 0 Å². The highest BCUT2D eigenvalue weighted by Gasteiger charge is 2.22. The minimum Gasteiger partial charge on any atom is -0.317 e. The van der Waals surface area contributed by atoms with Crippen molar-refractivity contribution in [1.82, 2.24) is 4.98 Å². The molecule has 2 aromatic rings. The Morgan fingerprint density at radius 3 is 2.38 bits per heavy atom. The van der Waals surface area contributed by atoms with Gasteiger partial charge in [-0.05, 0) is 18.4 Å². The summed E-state index contributed by atoms with van der Waals surface area (Å²) in [7, 11) is 0. The lowest BCUT2D eigenvalue weighted by Gasteiger charge is -2.10. The van der Waals surface area contributed by atoms with Gasteiger partial charge < -0.3 is 5.32 Å². The first kappa shape index (κ1) is 15.3. The molecular formula is C13H8F4N2OS. The van der Waals surface area contributed by atoms with Crippen LogP contribution in [0.5, 0.6) is 0 Å². The Morgan fingerprint density at radius 1 is 1.19 bits per heavy atom. The third kappa shape index (κ3) is 2.99. The summed E-state index contributed by atoms with van der Waals surface area (Å²) in [6, 6.07) is 2.89. The first-order chi connectivity index (χ1) is 9.95. The summed E-state index contributed by atoms with van der Waals surface area (Å²) in [4.78, 5) is 15.9. The topological polar surface area (TPSA) is 42.0 Å². The van der Waals surface area contributed by atoms with Crippen molar-refractivity contribution >= 4 is 23.4 Å². The van der Waals surface area contributed by atoms with Gasteiger partial charge >= 0.3 is 0 Å². The first-order valence-electron chi connectivity index (χ1n) is 5.59. The molecule has 110 valence electrons. The van der Waals surface area contributed by atoms with Crippen molar-refractivity contribution < 1.29 is 22.4 Å². The highest BCUT2D eigenvalue weighted by Crippen LogP contribution is 2.25. The molecule has 21 heavy (non-hydrogen) atoms. The second-order valence-electron chi connectivity index (χ2n) is 3.86. The molecule has 8 heteroatoms. The molecule has 0 aliphatic carbocycles. The van der Waals surface area contributed by atoms with Gasteiger partial charge in [-0.2, -0.15) is 0 Å². The summed E-state index contributed by atoms with van der Waals surface area (Å²) in [5.41, 5.74) is -1.14. The van der Waals surface area contributed by atoms with Gasteiger partial charge in [0.15, 0.2) is 23.3 Å². The predicted octanol–water partition coefficient (Wildman–Crippen LogP) is 3.61. The number of thioether (sulfide) groups is 1. The van der Waals surface area contributed by atoms with Gasteiger partial charge in [0.05, 0.1) is 5.56 Å². The molecule has 0 aliphatic rings. The van der Waals surface area contributed by atoms with E-state index in [0.29, 0.717) is 5.03 Å². The Labute approximate surface area is 121 Å². The van der Waals surface area contributed by atoms with Crippen molar-refractivity contribution in [2.45, 2.75) is 5.03 Å². The standard InChI is InChI=1S/C13H8F4N2OS/c1-21-13-6(3-2-4-18-13)12(20)19-11-9(16)7(14)5-8(15)10(11)17/h2-5H,1H3,(H,19,20). The summed E-state index contributed by atoms with van der Waals surface area (Å²) in [6.45, 7) is 0. The Morgan fingerprint density at radius 2 is 1.81 bits per heavy atom. The van der Waals surface area contributed by atoms with Gasteiger partial charge in [-0.1, -0.05) is 0 Å². The fourth-order valence-corrected chi connectivity index (χ4v) is 2.14. The Kier molecular flexibility index (Phi) is 4.46.